The minimum absolute atomic E-state index is 0.146. The van der Waals surface area contributed by atoms with Crippen LogP contribution in [-0.4, -0.2) is 34.5 Å². The molecular formula is C21H20N4O3. The van der Waals surface area contributed by atoms with Crippen molar-refractivity contribution >= 4 is 11.8 Å². The number of hydrogen-bond acceptors (Lipinski definition) is 5. The van der Waals surface area contributed by atoms with E-state index in [-0.39, 0.29) is 17.7 Å². The molecule has 1 aromatic heterocycles. The van der Waals surface area contributed by atoms with Crippen LogP contribution in [0.2, 0.25) is 0 Å². The summed E-state index contributed by atoms with van der Waals surface area (Å²) in [6.45, 7) is 0.645. The Kier molecular flexibility index (Phi) is 5.14. The molecular weight excluding hydrogens is 356 g/mol. The van der Waals surface area contributed by atoms with Crippen LogP contribution in [0.3, 0.4) is 0 Å². The molecule has 2 aromatic carbocycles. The number of hydrogen-bond donors (Lipinski definition) is 2. The molecule has 1 fully saturated rings. The van der Waals surface area contributed by atoms with Crippen LogP contribution < -0.4 is 10.6 Å². The molecule has 4 rings (SSSR count). The summed E-state index contributed by atoms with van der Waals surface area (Å²) < 4.78 is 5.41. The quantitative estimate of drug-likeness (QED) is 0.730. The summed E-state index contributed by atoms with van der Waals surface area (Å²) in [6, 6.07) is 15.9. The molecule has 1 aliphatic heterocycles. The zero-order valence-electron chi connectivity index (χ0n) is 15.2. The molecule has 7 heteroatoms. The van der Waals surface area contributed by atoms with Gasteiger partial charge in [0, 0.05) is 12.1 Å². The lowest BCUT2D eigenvalue weighted by Gasteiger charge is -2.16. The Morgan fingerprint density at radius 2 is 1.86 bits per heavy atom. The highest BCUT2D eigenvalue weighted by molar-refractivity contribution is 6.02. The summed E-state index contributed by atoms with van der Waals surface area (Å²) in [5.74, 6) is 0.230. The number of benzene rings is 2. The molecule has 0 radical (unpaired) electrons. The van der Waals surface area contributed by atoms with E-state index in [1.54, 1.807) is 24.3 Å². The maximum absolute atomic E-state index is 12.9. The van der Waals surface area contributed by atoms with E-state index in [1.807, 2.05) is 30.3 Å². The van der Waals surface area contributed by atoms with Crippen LogP contribution in [0.1, 0.15) is 29.6 Å². The van der Waals surface area contributed by atoms with Gasteiger partial charge in [-0.3, -0.25) is 9.59 Å². The molecule has 2 amide bonds. The zero-order chi connectivity index (χ0) is 19.3. The van der Waals surface area contributed by atoms with Gasteiger partial charge in [0.05, 0.1) is 11.1 Å². The molecule has 2 heterocycles. The van der Waals surface area contributed by atoms with Gasteiger partial charge in [-0.15, -0.1) is 0 Å². The van der Waals surface area contributed by atoms with Gasteiger partial charge in [0.25, 0.3) is 11.8 Å². The van der Waals surface area contributed by atoms with Crippen molar-refractivity contribution in [3.8, 4) is 22.8 Å². The summed E-state index contributed by atoms with van der Waals surface area (Å²) in [4.78, 5) is 29.4. The molecule has 7 nitrogen and oxygen atoms in total. The fraction of sp³-hybridized carbons (Fsp3) is 0.238. The highest BCUT2D eigenvalue weighted by Gasteiger charge is 2.25. The van der Waals surface area contributed by atoms with Crippen LogP contribution in [0.15, 0.2) is 59.1 Å². The van der Waals surface area contributed by atoms with Gasteiger partial charge in [-0.1, -0.05) is 47.6 Å². The molecule has 1 saturated heterocycles. The summed E-state index contributed by atoms with van der Waals surface area (Å²) >= 11 is 0. The fourth-order valence-corrected chi connectivity index (χ4v) is 3.22. The number of aromatic nitrogens is 2. The first kappa shape index (κ1) is 17.9. The van der Waals surface area contributed by atoms with E-state index in [0.29, 0.717) is 29.9 Å². The van der Waals surface area contributed by atoms with Crippen LogP contribution in [0.5, 0.6) is 0 Å². The molecule has 0 saturated carbocycles. The summed E-state index contributed by atoms with van der Waals surface area (Å²) in [6.07, 6.45) is 2.42. The maximum Gasteiger partial charge on any atom is 0.259 e. The van der Waals surface area contributed by atoms with E-state index >= 15 is 0 Å². The SMILES string of the molecule is O=C(N[C@H]1CCCCNC1=O)c1ccccc1-c1nc(-c2ccccc2)no1. The predicted octanol–water partition coefficient (Wildman–Crippen LogP) is 2.80. The second-order valence-electron chi connectivity index (χ2n) is 6.65. The smallest absolute Gasteiger partial charge is 0.259 e. The van der Waals surface area contributed by atoms with Crippen molar-refractivity contribution in [2.45, 2.75) is 25.3 Å². The molecule has 1 atom stereocenters. The molecule has 0 spiro atoms. The Labute approximate surface area is 162 Å². The van der Waals surface area contributed by atoms with E-state index in [1.165, 1.54) is 0 Å². The highest BCUT2D eigenvalue weighted by Crippen LogP contribution is 2.25. The molecule has 142 valence electrons. The Morgan fingerprint density at radius 3 is 2.71 bits per heavy atom. The van der Waals surface area contributed by atoms with Gasteiger partial charge >= 0.3 is 0 Å². The zero-order valence-corrected chi connectivity index (χ0v) is 15.2. The van der Waals surface area contributed by atoms with Crippen molar-refractivity contribution in [3.63, 3.8) is 0 Å². The lowest BCUT2D eigenvalue weighted by atomic mass is 10.1. The fourth-order valence-electron chi connectivity index (χ4n) is 3.22. The van der Waals surface area contributed by atoms with Gasteiger partial charge in [-0.2, -0.15) is 4.98 Å². The summed E-state index contributed by atoms with van der Waals surface area (Å²) in [7, 11) is 0. The second-order valence-corrected chi connectivity index (χ2v) is 6.65. The van der Waals surface area contributed by atoms with Gasteiger partial charge in [0.2, 0.25) is 11.7 Å². The number of rotatable bonds is 4. The maximum atomic E-state index is 12.9. The minimum atomic E-state index is -0.536. The van der Waals surface area contributed by atoms with Crippen LogP contribution in [0.4, 0.5) is 0 Å². The van der Waals surface area contributed by atoms with E-state index < -0.39 is 6.04 Å². The van der Waals surface area contributed by atoms with Crippen molar-refractivity contribution in [2.24, 2.45) is 0 Å². The van der Waals surface area contributed by atoms with Crippen LogP contribution in [0, 0.1) is 0 Å². The predicted molar refractivity (Wildman–Crippen MR) is 103 cm³/mol. The van der Waals surface area contributed by atoms with Crippen molar-refractivity contribution in [1.82, 2.24) is 20.8 Å². The first-order chi connectivity index (χ1) is 13.7. The monoisotopic (exact) mass is 376 g/mol. The molecule has 3 aromatic rings. The standard InChI is InChI=1S/C21H20N4O3/c26-19(23-17-12-6-7-13-22-20(17)27)15-10-4-5-11-16(15)21-24-18(25-28-21)14-8-2-1-3-9-14/h1-5,8-11,17H,6-7,12-13H2,(H,22,27)(H,23,26)/t17-/m0/s1. The minimum Gasteiger partial charge on any atom is -0.354 e. The Hall–Kier alpha value is -3.48. The van der Waals surface area contributed by atoms with E-state index in [2.05, 4.69) is 20.8 Å². The van der Waals surface area contributed by atoms with Gasteiger partial charge in [0.1, 0.15) is 6.04 Å². The van der Waals surface area contributed by atoms with Crippen LogP contribution >= 0.6 is 0 Å². The molecule has 0 unspecified atom stereocenters. The Morgan fingerprint density at radius 1 is 1.07 bits per heavy atom. The third kappa shape index (κ3) is 3.78. The van der Waals surface area contributed by atoms with Crippen molar-refractivity contribution in [1.29, 1.82) is 0 Å². The normalized spacial score (nSPS) is 16.9. The number of nitrogens with one attached hydrogen (secondary N) is 2. The second kappa shape index (κ2) is 8.04. The largest absolute Gasteiger partial charge is 0.354 e. The first-order valence-corrected chi connectivity index (χ1v) is 9.29. The number of carbonyl (C=O) groups excluding carboxylic acids is 2. The molecule has 0 aliphatic carbocycles. The van der Waals surface area contributed by atoms with Gasteiger partial charge in [-0.25, -0.2) is 0 Å². The van der Waals surface area contributed by atoms with Gasteiger partial charge < -0.3 is 15.2 Å². The first-order valence-electron chi connectivity index (χ1n) is 9.29. The average molecular weight is 376 g/mol. The van der Waals surface area contributed by atoms with Crippen molar-refractivity contribution < 1.29 is 14.1 Å². The van der Waals surface area contributed by atoms with E-state index in [0.717, 1.165) is 18.4 Å². The number of amides is 2. The van der Waals surface area contributed by atoms with Crippen molar-refractivity contribution in [3.05, 3.63) is 60.2 Å². The third-order valence-electron chi connectivity index (χ3n) is 4.70. The number of carbonyl (C=O) groups is 2. The van der Waals surface area contributed by atoms with Crippen LogP contribution in [-0.2, 0) is 4.79 Å². The Bertz CT molecular complexity index is 984. The topological polar surface area (TPSA) is 97.1 Å². The van der Waals surface area contributed by atoms with E-state index in [9.17, 15) is 9.59 Å². The Balaban J connectivity index is 1.59. The lowest BCUT2D eigenvalue weighted by Crippen LogP contribution is -2.45. The number of nitrogens with zero attached hydrogens (tertiary/aromatic N) is 2. The highest BCUT2D eigenvalue weighted by atomic mass is 16.5. The van der Waals surface area contributed by atoms with E-state index in [4.69, 9.17) is 4.52 Å². The average Bonchev–Trinajstić information content (AvgIpc) is 3.14. The molecule has 1 aliphatic rings. The molecule has 2 N–H and O–H groups in total. The van der Waals surface area contributed by atoms with Gasteiger partial charge in [-0.05, 0) is 31.4 Å². The summed E-state index contributed by atoms with van der Waals surface area (Å²) in [5, 5.41) is 9.68. The molecule has 0 bridgehead atoms. The van der Waals surface area contributed by atoms with Crippen molar-refractivity contribution in [2.75, 3.05) is 6.54 Å². The third-order valence-corrected chi connectivity index (χ3v) is 4.70. The van der Waals surface area contributed by atoms with Gasteiger partial charge in [0.15, 0.2) is 0 Å². The lowest BCUT2D eigenvalue weighted by molar-refractivity contribution is -0.122. The summed E-state index contributed by atoms with van der Waals surface area (Å²) in [5.41, 5.74) is 1.75. The molecule has 28 heavy (non-hydrogen) atoms. The van der Waals surface area contributed by atoms with Crippen LogP contribution in [0.25, 0.3) is 22.8 Å².